The number of rotatable bonds is 6. The summed E-state index contributed by atoms with van der Waals surface area (Å²) in [5, 5.41) is 3.11. The Morgan fingerprint density at radius 2 is 2.17 bits per heavy atom. The number of hydrogen-bond acceptors (Lipinski definition) is 7. The number of nitrogens with zero attached hydrogens (tertiary/aromatic N) is 2. The number of carbonyl (C=O) groups excluding carboxylic acids is 2. The van der Waals surface area contributed by atoms with Crippen LogP contribution in [0.15, 0.2) is 35.6 Å². The molecular formula is C16H18N4O3S. The Bertz CT molecular complexity index is 752. The van der Waals surface area contributed by atoms with Crippen LogP contribution in [0.25, 0.3) is 0 Å². The van der Waals surface area contributed by atoms with E-state index in [4.69, 9.17) is 10.5 Å². The third-order valence-corrected chi connectivity index (χ3v) is 3.79. The summed E-state index contributed by atoms with van der Waals surface area (Å²) >= 11 is 1.13. The van der Waals surface area contributed by atoms with E-state index in [9.17, 15) is 9.59 Å². The number of aromatic nitrogens is 2. The van der Waals surface area contributed by atoms with Crippen LogP contribution >= 0.6 is 11.8 Å². The van der Waals surface area contributed by atoms with Gasteiger partial charge < -0.3 is 15.8 Å². The molecule has 0 saturated heterocycles. The minimum atomic E-state index is -0.566. The van der Waals surface area contributed by atoms with Crippen molar-refractivity contribution in [3.05, 3.63) is 41.6 Å². The topological polar surface area (TPSA) is 107 Å². The molecule has 0 saturated carbocycles. The Hall–Kier alpha value is -2.61. The molecule has 2 aromatic rings. The second kappa shape index (κ2) is 8.30. The van der Waals surface area contributed by atoms with Gasteiger partial charge in [0, 0.05) is 11.9 Å². The molecule has 1 aromatic heterocycles. The molecule has 1 aromatic carbocycles. The van der Waals surface area contributed by atoms with Gasteiger partial charge in [0.1, 0.15) is 11.4 Å². The first kappa shape index (κ1) is 17.7. The Labute approximate surface area is 144 Å². The first-order valence-electron chi connectivity index (χ1n) is 7.28. The molecule has 0 aliphatic carbocycles. The summed E-state index contributed by atoms with van der Waals surface area (Å²) in [6.07, 6.45) is 1.31. The lowest BCUT2D eigenvalue weighted by molar-refractivity contribution is -0.113. The number of ether oxygens (including phenoxy) is 1. The molecule has 24 heavy (non-hydrogen) atoms. The fourth-order valence-corrected chi connectivity index (χ4v) is 2.49. The van der Waals surface area contributed by atoms with Crippen LogP contribution in [-0.4, -0.2) is 34.2 Å². The molecule has 0 spiro atoms. The summed E-state index contributed by atoms with van der Waals surface area (Å²) in [4.78, 5) is 31.6. The highest BCUT2D eigenvalue weighted by atomic mass is 32.2. The van der Waals surface area contributed by atoms with Gasteiger partial charge in [0.05, 0.1) is 12.4 Å². The maximum Gasteiger partial charge on any atom is 0.343 e. The Morgan fingerprint density at radius 1 is 1.38 bits per heavy atom. The lowest BCUT2D eigenvalue weighted by atomic mass is 10.2. The second-order valence-electron chi connectivity index (χ2n) is 4.88. The molecule has 0 unspecified atom stereocenters. The second-order valence-corrected chi connectivity index (χ2v) is 5.82. The van der Waals surface area contributed by atoms with Crippen molar-refractivity contribution in [1.82, 2.24) is 9.97 Å². The van der Waals surface area contributed by atoms with Crippen molar-refractivity contribution in [1.29, 1.82) is 0 Å². The van der Waals surface area contributed by atoms with Gasteiger partial charge in [-0.2, -0.15) is 0 Å². The third-order valence-electron chi connectivity index (χ3n) is 2.93. The molecule has 0 bridgehead atoms. The van der Waals surface area contributed by atoms with Crippen LogP contribution in [-0.2, 0) is 9.53 Å². The zero-order valence-electron chi connectivity index (χ0n) is 13.4. The van der Waals surface area contributed by atoms with E-state index in [-0.39, 0.29) is 29.6 Å². The number of benzene rings is 1. The summed E-state index contributed by atoms with van der Waals surface area (Å²) < 4.78 is 4.85. The minimum absolute atomic E-state index is 0.0324. The first-order chi connectivity index (χ1) is 11.5. The highest BCUT2D eigenvalue weighted by Gasteiger charge is 2.14. The molecule has 0 aliphatic heterocycles. The van der Waals surface area contributed by atoms with Crippen molar-refractivity contribution < 1.29 is 14.3 Å². The van der Waals surface area contributed by atoms with E-state index in [0.29, 0.717) is 5.16 Å². The van der Waals surface area contributed by atoms with Crippen molar-refractivity contribution in [2.24, 2.45) is 0 Å². The van der Waals surface area contributed by atoms with E-state index in [2.05, 4.69) is 15.3 Å². The maximum absolute atomic E-state index is 11.9. The zero-order valence-corrected chi connectivity index (χ0v) is 14.2. The fraction of sp³-hybridized carbons (Fsp3) is 0.250. The number of esters is 1. The number of carbonyl (C=O) groups is 2. The predicted octanol–water partition coefficient (Wildman–Crippen LogP) is 2.27. The maximum atomic E-state index is 11.9. The van der Waals surface area contributed by atoms with Crippen LogP contribution in [0, 0.1) is 6.92 Å². The predicted molar refractivity (Wildman–Crippen MR) is 92.9 cm³/mol. The summed E-state index contributed by atoms with van der Waals surface area (Å²) in [5.41, 5.74) is 7.65. The molecule has 2 rings (SSSR count). The van der Waals surface area contributed by atoms with Crippen LogP contribution in [0.1, 0.15) is 22.8 Å². The highest BCUT2D eigenvalue weighted by molar-refractivity contribution is 7.99. The van der Waals surface area contributed by atoms with Crippen LogP contribution in [0.5, 0.6) is 0 Å². The quantitative estimate of drug-likeness (QED) is 0.469. The summed E-state index contributed by atoms with van der Waals surface area (Å²) in [5.74, 6) is -0.581. The number of nitrogens with two attached hydrogens (primary N) is 1. The van der Waals surface area contributed by atoms with E-state index in [0.717, 1.165) is 23.0 Å². The SMILES string of the molecule is CCOC(=O)c1cnc(SCC(=O)Nc2cccc(C)c2)nc1N. The highest BCUT2D eigenvalue weighted by Crippen LogP contribution is 2.18. The van der Waals surface area contributed by atoms with Gasteiger partial charge in [0.2, 0.25) is 5.91 Å². The molecular weight excluding hydrogens is 328 g/mol. The lowest BCUT2D eigenvalue weighted by Crippen LogP contribution is -2.15. The molecule has 0 aliphatic rings. The van der Waals surface area contributed by atoms with Crippen LogP contribution in [0.3, 0.4) is 0 Å². The fourth-order valence-electron chi connectivity index (χ4n) is 1.86. The van der Waals surface area contributed by atoms with Gasteiger partial charge in [-0.1, -0.05) is 23.9 Å². The van der Waals surface area contributed by atoms with Gasteiger partial charge in [0.25, 0.3) is 0 Å². The monoisotopic (exact) mass is 346 g/mol. The summed E-state index contributed by atoms with van der Waals surface area (Å²) in [6, 6.07) is 7.52. The molecule has 1 amide bonds. The van der Waals surface area contributed by atoms with Crippen LogP contribution in [0.4, 0.5) is 11.5 Å². The van der Waals surface area contributed by atoms with Crippen molar-refractivity contribution in [2.45, 2.75) is 19.0 Å². The van der Waals surface area contributed by atoms with Gasteiger partial charge in [-0.25, -0.2) is 14.8 Å². The Kier molecular flexibility index (Phi) is 6.14. The van der Waals surface area contributed by atoms with E-state index in [1.54, 1.807) is 6.92 Å². The number of anilines is 2. The van der Waals surface area contributed by atoms with Crippen molar-refractivity contribution in [3.8, 4) is 0 Å². The Balaban J connectivity index is 1.93. The normalized spacial score (nSPS) is 10.2. The smallest absolute Gasteiger partial charge is 0.343 e. The molecule has 3 N–H and O–H groups in total. The number of amides is 1. The average Bonchev–Trinajstić information content (AvgIpc) is 2.53. The van der Waals surface area contributed by atoms with Gasteiger partial charge in [-0.15, -0.1) is 0 Å². The number of aryl methyl sites for hydroxylation is 1. The largest absolute Gasteiger partial charge is 0.462 e. The van der Waals surface area contributed by atoms with Gasteiger partial charge in [0.15, 0.2) is 5.16 Å². The number of hydrogen-bond donors (Lipinski definition) is 2. The number of thioether (sulfide) groups is 1. The summed E-state index contributed by atoms with van der Waals surface area (Å²) in [7, 11) is 0. The number of nitrogens with one attached hydrogen (secondary N) is 1. The molecule has 7 nitrogen and oxygen atoms in total. The minimum Gasteiger partial charge on any atom is -0.462 e. The van der Waals surface area contributed by atoms with E-state index in [1.165, 1.54) is 6.20 Å². The van der Waals surface area contributed by atoms with Crippen LogP contribution < -0.4 is 11.1 Å². The first-order valence-corrected chi connectivity index (χ1v) is 8.27. The van der Waals surface area contributed by atoms with Crippen LogP contribution in [0.2, 0.25) is 0 Å². The standard InChI is InChI=1S/C16H18N4O3S/c1-3-23-15(22)12-8-18-16(20-14(12)17)24-9-13(21)19-11-6-4-5-10(2)7-11/h4-8H,3,9H2,1-2H3,(H,19,21)(H2,17,18,20). The molecule has 0 radical (unpaired) electrons. The van der Waals surface area contributed by atoms with Crippen molar-refractivity contribution >= 4 is 35.1 Å². The van der Waals surface area contributed by atoms with E-state index >= 15 is 0 Å². The number of nitrogen functional groups attached to an aromatic ring is 1. The zero-order chi connectivity index (χ0) is 17.5. The Morgan fingerprint density at radius 3 is 2.83 bits per heavy atom. The third kappa shape index (κ3) is 4.95. The van der Waals surface area contributed by atoms with Gasteiger partial charge in [-0.05, 0) is 31.5 Å². The molecule has 8 heteroatoms. The van der Waals surface area contributed by atoms with Crippen molar-refractivity contribution in [3.63, 3.8) is 0 Å². The summed E-state index contributed by atoms with van der Waals surface area (Å²) in [6.45, 7) is 3.89. The average molecular weight is 346 g/mol. The van der Waals surface area contributed by atoms with E-state index < -0.39 is 5.97 Å². The van der Waals surface area contributed by atoms with Gasteiger partial charge in [-0.3, -0.25) is 4.79 Å². The van der Waals surface area contributed by atoms with E-state index in [1.807, 2.05) is 31.2 Å². The lowest BCUT2D eigenvalue weighted by Gasteiger charge is -2.07. The molecule has 126 valence electrons. The van der Waals surface area contributed by atoms with Gasteiger partial charge >= 0.3 is 5.97 Å². The molecule has 1 heterocycles. The molecule has 0 fully saturated rings. The van der Waals surface area contributed by atoms with Crippen molar-refractivity contribution in [2.75, 3.05) is 23.4 Å². The molecule has 0 atom stereocenters.